The highest BCUT2D eigenvalue weighted by atomic mass is 19.2. The minimum Gasteiger partial charge on any atom is -0.397 e. The van der Waals surface area contributed by atoms with E-state index in [2.05, 4.69) is 5.32 Å². The number of rotatable bonds is 3. The van der Waals surface area contributed by atoms with Crippen LogP contribution in [0.5, 0.6) is 0 Å². The van der Waals surface area contributed by atoms with E-state index in [1.165, 1.54) is 6.07 Å². The molecule has 1 aliphatic heterocycles. The summed E-state index contributed by atoms with van der Waals surface area (Å²) in [7, 11) is 0. The van der Waals surface area contributed by atoms with Gasteiger partial charge in [-0.15, -0.1) is 0 Å². The zero-order valence-electron chi connectivity index (χ0n) is 8.80. The molecular formula is C11H14F2N2O. The second-order valence-corrected chi connectivity index (χ2v) is 3.94. The molecule has 1 fully saturated rings. The third-order valence-corrected chi connectivity index (χ3v) is 2.72. The Balaban J connectivity index is 2.05. The molecule has 16 heavy (non-hydrogen) atoms. The molecule has 5 heteroatoms. The summed E-state index contributed by atoms with van der Waals surface area (Å²) in [5.74, 6) is -1.47. The molecule has 2 rings (SSSR count). The van der Waals surface area contributed by atoms with Crippen molar-refractivity contribution in [3.63, 3.8) is 0 Å². The smallest absolute Gasteiger partial charge is 0.183 e. The molecule has 0 radical (unpaired) electrons. The summed E-state index contributed by atoms with van der Waals surface area (Å²) >= 11 is 0. The molecule has 1 saturated heterocycles. The van der Waals surface area contributed by atoms with E-state index < -0.39 is 11.6 Å². The summed E-state index contributed by atoms with van der Waals surface area (Å²) in [6.07, 6.45) is 0.934. The van der Waals surface area contributed by atoms with Crippen LogP contribution < -0.4 is 11.1 Å². The summed E-state index contributed by atoms with van der Waals surface area (Å²) in [5, 5.41) is 2.84. The van der Waals surface area contributed by atoms with Crippen LogP contribution in [0.15, 0.2) is 12.1 Å². The fourth-order valence-corrected chi connectivity index (χ4v) is 1.74. The molecule has 0 spiro atoms. The van der Waals surface area contributed by atoms with E-state index >= 15 is 0 Å². The quantitative estimate of drug-likeness (QED) is 0.778. The summed E-state index contributed by atoms with van der Waals surface area (Å²) < 4.78 is 31.5. The number of benzene rings is 1. The highest BCUT2D eigenvalue weighted by Gasteiger charge is 2.17. The van der Waals surface area contributed by atoms with Gasteiger partial charge in [0.2, 0.25) is 0 Å². The predicted molar refractivity (Wildman–Crippen MR) is 58.2 cm³/mol. The topological polar surface area (TPSA) is 47.3 Å². The zero-order chi connectivity index (χ0) is 11.5. The monoisotopic (exact) mass is 228 g/mol. The van der Waals surface area contributed by atoms with Crippen molar-refractivity contribution in [2.75, 3.05) is 30.8 Å². The number of nitrogens with one attached hydrogen (secondary N) is 1. The van der Waals surface area contributed by atoms with Crippen LogP contribution in [0.3, 0.4) is 0 Å². The maximum atomic E-state index is 13.4. The molecule has 3 N–H and O–H groups in total. The fourth-order valence-electron chi connectivity index (χ4n) is 1.74. The molecule has 0 amide bonds. The molecule has 0 bridgehead atoms. The molecule has 1 unspecified atom stereocenters. The van der Waals surface area contributed by atoms with Crippen molar-refractivity contribution < 1.29 is 13.5 Å². The first-order chi connectivity index (χ1) is 7.68. The maximum Gasteiger partial charge on any atom is 0.183 e. The third kappa shape index (κ3) is 2.24. The van der Waals surface area contributed by atoms with E-state index in [1.807, 2.05) is 0 Å². The van der Waals surface area contributed by atoms with Gasteiger partial charge in [-0.05, 0) is 18.6 Å². The summed E-state index contributed by atoms with van der Waals surface area (Å²) in [6.45, 7) is 1.93. The Kier molecular flexibility index (Phi) is 3.24. The van der Waals surface area contributed by atoms with Gasteiger partial charge < -0.3 is 15.8 Å². The maximum absolute atomic E-state index is 13.4. The Bertz CT molecular complexity index is 378. The molecule has 0 saturated carbocycles. The van der Waals surface area contributed by atoms with Gasteiger partial charge in [0.25, 0.3) is 0 Å². The van der Waals surface area contributed by atoms with Gasteiger partial charge in [-0.2, -0.15) is 0 Å². The molecular weight excluding hydrogens is 214 g/mol. The highest BCUT2D eigenvalue weighted by molar-refractivity contribution is 5.66. The van der Waals surface area contributed by atoms with Crippen LogP contribution in [0.25, 0.3) is 0 Å². The van der Waals surface area contributed by atoms with Crippen LogP contribution in [-0.2, 0) is 4.74 Å². The Morgan fingerprint density at radius 1 is 1.44 bits per heavy atom. The van der Waals surface area contributed by atoms with E-state index in [9.17, 15) is 8.78 Å². The van der Waals surface area contributed by atoms with Crippen LogP contribution in [0, 0.1) is 17.6 Å². The number of anilines is 2. The first kappa shape index (κ1) is 11.1. The summed E-state index contributed by atoms with van der Waals surface area (Å²) in [6, 6.07) is 2.38. The second-order valence-electron chi connectivity index (χ2n) is 3.94. The van der Waals surface area contributed by atoms with Gasteiger partial charge in [-0.3, -0.25) is 0 Å². The van der Waals surface area contributed by atoms with Gasteiger partial charge >= 0.3 is 0 Å². The van der Waals surface area contributed by atoms with Crippen molar-refractivity contribution in [1.29, 1.82) is 0 Å². The Morgan fingerprint density at radius 3 is 2.94 bits per heavy atom. The highest BCUT2D eigenvalue weighted by Crippen LogP contribution is 2.25. The SMILES string of the molecule is Nc1ccc(F)c(F)c1NCC1CCOC1. The number of halogens is 2. The van der Waals surface area contributed by atoms with Crippen molar-refractivity contribution in [2.24, 2.45) is 5.92 Å². The third-order valence-electron chi connectivity index (χ3n) is 2.72. The largest absolute Gasteiger partial charge is 0.397 e. The van der Waals surface area contributed by atoms with E-state index in [0.29, 0.717) is 19.1 Å². The van der Waals surface area contributed by atoms with E-state index in [-0.39, 0.29) is 11.4 Å². The number of ether oxygens (including phenoxy) is 1. The fraction of sp³-hybridized carbons (Fsp3) is 0.455. The van der Waals surface area contributed by atoms with Crippen molar-refractivity contribution in [3.8, 4) is 0 Å². The van der Waals surface area contributed by atoms with E-state index in [4.69, 9.17) is 10.5 Å². The average Bonchev–Trinajstić information content (AvgIpc) is 2.77. The molecule has 1 aromatic rings. The van der Waals surface area contributed by atoms with Crippen LogP contribution >= 0.6 is 0 Å². The van der Waals surface area contributed by atoms with Gasteiger partial charge in [0.1, 0.15) is 0 Å². The molecule has 88 valence electrons. The Morgan fingerprint density at radius 2 is 2.25 bits per heavy atom. The van der Waals surface area contributed by atoms with Crippen LogP contribution in [0.4, 0.5) is 20.2 Å². The normalized spacial score (nSPS) is 20.0. The molecule has 0 aliphatic carbocycles. The lowest BCUT2D eigenvalue weighted by atomic mass is 10.1. The van der Waals surface area contributed by atoms with Crippen molar-refractivity contribution >= 4 is 11.4 Å². The van der Waals surface area contributed by atoms with Crippen molar-refractivity contribution in [2.45, 2.75) is 6.42 Å². The lowest BCUT2D eigenvalue weighted by Gasteiger charge is -2.13. The lowest BCUT2D eigenvalue weighted by Crippen LogP contribution is -2.16. The predicted octanol–water partition coefficient (Wildman–Crippen LogP) is 2.00. The van der Waals surface area contributed by atoms with Crippen LogP contribution in [0.2, 0.25) is 0 Å². The lowest BCUT2D eigenvalue weighted by molar-refractivity contribution is 0.187. The number of hydrogen-bond acceptors (Lipinski definition) is 3. The van der Waals surface area contributed by atoms with Crippen LogP contribution in [0.1, 0.15) is 6.42 Å². The van der Waals surface area contributed by atoms with Crippen molar-refractivity contribution in [3.05, 3.63) is 23.8 Å². The number of hydrogen-bond donors (Lipinski definition) is 2. The summed E-state index contributed by atoms with van der Waals surface area (Å²) in [4.78, 5) is 0. The molecule has 1 heterocycles. The van der Waals surface area contributed by atoms with Gasteiger partial charge in [0, 0.05) is 19.1 Å². The molecule has 3 nitrogen and oxygen atoms in total. The standard InChI is InChI=1S/C11H14F2N2O/c12-8-1-2-9(14)11(10(8)13)15-5-7-3-4-16-6-7/h1-2,7,15H,3-6,14H2. The number of nitrogen functional groups attached to an aromatic ring is 1. The summed E-state index contributed by atoms with van der Waals surface area (Å²) in [5.41, 5.74) is 5.84. The molecule has 0 aromatic heterocycles. The number of nitrogens with two attached hydrogens (primary N) is 1. The van der Waals surface area contributed by atoms with Crippen molar-refractivity contribution in [1.82, 2.24) is 0 Å². The zero-order valence-corrected chi connectivity index (χ0v) is 8.80. The Hall–Kier alpha value is -1.36. The van der Waals surface area contributed by atoms with Gasteiger partial charge in [-0.1, -0.05) is 0 Å². The first-order valence-electron chi connectivity index (χ1n) is 5.23. The van der Waals surface area contributed by atoms with Gasteiger partial charge in [-0.25, -0.2) is 8.78 Å². The average molecular weight is 228 g/mol. The molecule has 1 aliphatic rings. The molecule has 1 aromatic carbocycles. The van der Waals surface area contributed by atoms with E-state index in [0.717, 1.165) is 19.1 Å². The van der Waals surface area contributed by atoms with Gasteiger partial charge in [0.15, 0.2) is 11.6 Å². The molecule has 1 atom stereocenters. The Labute approximate surface area is 92.6 Å². The minimum atomic E-state index is -0.918. The van der Waals surface area contributed by atoms with Gasteiger partial charge in [0.05, 0.1) is 18.0 Å². The van der Waals surface area contributed by atoms with E-state index in [1.54, 1.807) is 0 Å². The first-order valence-corrected chi connectivity index (χ1v) is 5.23. The minimum absolute atomic E-state index is 0.0481. The van der Waals surface area contributed by atoms with Crippen LogP contribution in [-0.4, -0.2) is 19.8 Å². The second kappa shape index (κ2) is 4.65.